The lowest BCUT2D eigenvalue weighted by molar-refractivity contribution is -0.119. The van der Waals surface area contributed by atoms with E-state index in [1.807, 2.05) is 32.9 Å². The Morgan fingerprint density at radius 2 is 2.00 bits per heavy atom. The van der Waals surface area contributed by atoms with Crippen LogP contribution in [0.3, 0.4) is 0 Å². The van der Waals surface area contributed by atoms with Crippen LogP contribution in [0.2, 0.25) is 0 Å². The Bertz CT molecular complexity index is 700. The van der Waals surface area contributed by atoms with Crippen LogP contribution >= 0.6 is 23.1 Å². The summed E-state index contributed by atoms with van der Waals surface area (Å²) in [6, 6.07) is 7.29. The van der Waals surface area contributed by atoms with Gasteiger partial charge in [0.2, 0.25) is 11.0 Å². The van der Waals surface area contributed by atoms with Gasteiger partial charge in [-0.15, -0.1) is 22.0 Å². The highest BCUT2D eigenvalue weighted by molar-refractivity contribution is 8.00. The molecular weight excluding hydrogens is 332 g/mol. The minimum atomic E-state index is -0.256. The van der Waals surface area contributed by atoms with Crippen LogP contribution in [0, 0.1) is 6.92 Å². The van der Waals surface area contributed by atoms with Crippen LogP contribution in [0.25, 0.3) is 0 Å². The number of rotatable bonds is 6. The average molecular weight is 350 g/mol. The molecule has 2 N–H and O–H groups in total. The van der Waals surface area contributed by atoms with E-state index < -0.39 is 0 Å². The van der Waals surface area contributed by atoms with E-state index in [1.165, 1.54) is 23.1 Å². The smallest absolute Gasteiger partial charge is 0.258 e. The lowest BCUT2D eigenvalue weighted by Crippen LogP contribution is -2.31. The molecule has 2 aromatic rings. The van der Waals surface area contributed by atoms with E-state index in [-0.39, 0.29) is 23.6 Å². The normalized spacial score (nSPS) is 10.6. The Labute approximate surface area is 143 Å². The Kier molecular flexibility index (Phi) is 6.12. The van der Waals surface area contributed by atoms with Gasteiger partial charge in [0, 0.05) is 10.9 Å². The van der Waals surface area contributed by atoms with Crippen molar-refractivity contribution in [3.63, 3.8) is 0 Å². The largest absolute Gasteiger partial charge is 0.353 e. The second kappa shape index (κ2) is 8.07. The molecule has 0 unspecified atom stereocenters. The standard InChI is InChI=1S/C15H18N4O2S2/c1-9(2)16-13(20)8-22-12-7-5-4-6-11(12)14(21)17-15-19-18-10(3)23-15/h4-7,9H,8H2,1-3H3,(H,16,20)(H,17,19,21). The van der Waals surface area contributed by atoms with Gasteiger partial charge in [0.15, 0.2) is 0 Å². The van der Waals surface area contributed by atoms with Crippen molar-refractivity contribution >= 4 is 40.0 Å². The molecule has 122 valence electrons. The van der Waals surface area contributed by atoms with Crippen molar-refractivity contribution in [1.82, 2.24) is 15.5 Å². The van der Waals surface area contributed by atoms with Crippen LogP contribution < -0.4 is 10.6 Å². The molecule has 0 spiro atoms. The summed E-state index contributed by atoms with van der Waals surface area (Å²) in [6.07, 6.45) is 0. The number of amides is 2. The van der Waals surface area contributed by atoms with Gasteiger partial charge in [0.1, 0.15) is 5.01 Å². The molecule has 1 aromatic heterocycles. The van der Waals surface area contributed by atoms with Crippen molar-refractivity contribution in [1.29, 1.82) is 0 Å². The van der Waals surface area contributed by atoms with Gasteiger partial charge in [-0.1, -0.05) is 23.5 Å². The van der Waals surface area contributed by atoms with Crippen molar-refractivity contribution in [3.8, 4) is 0 Å². The van der Waals surface area contributed by atoms with E-state index in [0.29, 0.717) is 10.7 Å². The second-order valence-electron chi connectivity index (χ2n) is 5.09. The van der Waals surface area contributed by atoms with Crippen molar-refractivity contribution < 1.29 is 9.59 Å². The zero-order valence-electron chi connectivity index (χ0n) is 13.1. The van der Waals surface area contributed by atoms with E-state index in [1.54, 1.807) is 12.1 Å². The number of hydrogen-bond acceptors (Lipinski definition) is 6. The zero-order chi connectivity index (χ0) is 16.8. The van der Waals surface area contributed by atoms with Gasteiger partial charge in [0.25, 0.3) is 5.91 Å². The minimum Gasteiger partial charge on any atom is -0.353 e. The summed E-state index contributed by atoms with van der Waals surface area (Å²) in [5.74, 6) is -0.0473. The molecule has 2 amide bonds. The fourth-order valence-electron chi connectivity index (χ4n) is 1.80. The van der Waals surface area contributed by atoms with Crippen molar-refractivity contribution in [3.05, 3.63) is 34.8 Å². The predicted octanol–water partition coefficient (Wildman–Crippen LogP) is 2.72. The van der Waals surface area contributed by atoms with Crippen LogP contribution in [-0.4, -0.2) is 33.8 Å². The van der Waals surface area contributed by atoms with Gasteiger partial charge in [-0.25, -0.2) is 0 Å². The first kappa shape index (κ1) is 17.4. The number of hydrogen-bond donors (Lipinski definition) is 2. The number of carbonyl (C=O) groups is 2. The maximum Gasteiger partial charge on any atom is 0.258 e. The summed E-state index contributed by atoms with van der Waals surface area (Å²) in [5, 5.41) is 14.6. The van der Waals surface area contributed by atoms with Gasteiger partial charge in [0.05, 0.1) is 11.3 Å². The third-order valence-corrected chi connectivity index (χ3v) is 4.51. The zero-order valence-corrected chi connectivity index (χ0v) is 14.8. The molecule has 0 saturated heterocycles. The molecule has 0 aliphatic heterocycles. The monoisotopic (exact) mass is 350 g/mol. The van der Waals surface area contributed by atoms with Crippen molar-refractivity contribution in [2.24, 2.45) is 0 Å². The van der Waals surface area contributed by atoms with Gasteiger partial charge >= 0.3 is 0 Å². The van der Waals surface area contributed by atoms with E-state index in [9.17, 15) is 9.59 Å². The number of aromatic nitrogens is 2. The van der Waals surface area contributed by atoms with Gasteiger partial charge in [-0.05, 0) is 32.9 Å². The van der Waals surface area contributed by atoms with Crippen LogP contribution in [-0.2, 0) is 4.79 Å². The van der Waals surface area contributed by atoms with Crippen molar-refractivity contribution in [2.75, 3.05) is 11.1 Å². The molecule has 23 heavy (non-hydrogen) atoms. The molecule has 0 bridgehead atoms. The highest BCUT2D eigenvalue weighted by atomic mass is 32.2. The highest BCUT2D eigenvalue weighted by Crippen LogP contribution is 2.24. The molecule has 0 aliphatic carbocycles. The number of aryl methyl sites for hydroxylation is 1. The Balaban J connectivity index is 2.04. The first-order valence-electron chi connectivity index (χ1n) is 7.08. The number of thioether (sulfide) groups is 1. The van der Waals surface area contributed by atoms with Gasteiger partial charge in [-0.3, -0.25) is 14.9 Å². The van der Waals surface area contributed by atoms with E-state index in [0.717, 1.165) is 9.90 Å². The molecule has 1 aromatic carbocycles. The van der Waals surface area contributed by atoms with Gasteiger partial charge < -0.3 is 5.32 Å². The van der Waals surface area contributed by atoms with Gasteiger partial charge in [-0.2, -0.15) is 0 Å². The Morgan fingerprint density at radius 3 is 2.65 bits per heavy atom. The Hall–Kier alpha value is -1.93. The lowest BCUT2D eigenvalue weighted by Gasteiger charge is -2.10. The molecule has 0 radical (unpaired) electrons. The number of carbonyl (C=O) groups excluding carboxylic acids is 2. The lowest BCUT2D eigenvalue weighted by atomic mass is 10.2. The maximum atomic E-state index is 12.4. The minimum absolute atomic E-state index is 0.0556. The molecule has 0 atom stereocenters. The third-order valence-electron chi connectivity index (χ3n) is 2.69. The fraction of sp³-hybridized carbons (Fsp3) is 0.333. The topological polar surface area (TPSA) is 84.0 Å². The number of nitrogens with one attached hydrogen (secondary N) is 2. The number of anilines is 1. The summed E-state index contributed by atoms with van der Waals surface area (Å²) in [5.41, 5.74) is 0.516. The molecular formula is C15H18N4O2S2. The average Bonchev–Trinajstić information content (AvgIpc) is 2.90. The van der Waals surface area contributed by atoms with Crippen LogP contribution in [0.1, 0.15) is 29.2 Å². The summed E-state index contributed by atoms with van der Waals surface area (Å²) in [6.45, 7) is 5.65. The first-order valence-corrected chi connectivity index (χ1v) is 8.88. The maximum absolute atomic E-state index is 12.4. The SMILES string of the molecule is Cc1nnc(NC(=O)c2ccccc2SCC(=O)NC(C)C)s1. The number of nitrogens with zero attached hydrogens (tertiary/aromatic N) is 2. The summed E-state index contributed by atoms with van der Waals surface area (Å²) in [7, 11) is 0. The van der Waals surface area contributed by atoms with Crippen LogP contribution in [0.15, 0.2) is 29.2 Å². The molecule has 8 heteroatoms. The quantitative estimate of drug-likeness (QED) is 0.783. The highest BCUT2D eigenvalue weighted by Gasteiger charge is 2.14. The summed E-state index contributed by atoms with van der Waals surface area (Å²) >= 11 is 2.65. The van der Waals surface area contributed by atoms with Crippen molar-refractivity contribution in [2.45, 2.75) is 31.7 Å². The number of benzene rings is 1. The second-order valence-corrected chi connectivity index (χ2v) is 7.29. The predicted molar refractivity (Wildman–Crippen MR) is 93.0 cm³/mol. The third kappa shape index (κ3) is 5.33. The summed E-state index contributed by atoms with van der Waals surface area (Å²) in [4.78, 5) is 24.9. The summed E-state index contributed by atoms with van der Waals surface area (Å²) < 4.78 is 0. The molecule has 0 aliphatic rings. The molecule has 6 nitrogen and oxygen atoms in total. The van der Waals surface area contributed by atoms with E-state index in [4.69, 9.17) is 0 Å². The molecule has 0 fully saturated rings. The molecule has 1 heterocycles. The van der Waals surface area contributed by atoms with E-state index in [2.05, 4.69) is 20.8 Å². The van der Waals surface area contributed by atoms with Crippen LogP contribution in [0.5, 0.6) is 0 Å². The fourth-order valence-corrected chi connectivity index (χ4v) is 3.25. The molecule has 2 rings (SSSR count). The van der Waals surface area contributed by atoms with E-state index >= 15 is 0 Å². The van der Waals surface area contributed by atoms with Crippen LogP contribution in [0.4, 0.5) is 5.13 Å². The molecule has 0 saturated carbocycles. The first-order chi connectivity index (χ1) is 11.0. The Morgan fingerprint density at radius 1 is 1.26 bits per heavy atom.